The van der Waals surface area contributed by atoms with Crippen molar-refractivity contribution in [3.05, 3.63) is 71.4 Å². The number of benzene rings is 2. The van der Waals surface area contributed by atoms with Crippen LogP contribution in [0.15, 0.2) is 65.4 Å². The van der Waals surface area contributed by atoms with E-state index in [-0.39, 0.29) is 11.5 Å². The van der Waals surface area contributed by atoms with Crippen LogP contribution in [0.5, 0.6) is 0 Å². The lowest BCUT2D eigenvalue weighted by Crippen LogP contribution is -2.21. The normalized spacial score (nSPS) is 14.9. The number of nitrogens with zero attached hydrogens (tertiary/aromatic N) is 4. The summed E-state index contributed by atoms with van der Waals surface area (Å²) in [6.07, 6.45) is 4.16. The number of hydrogen-bond acceptors (Lipinski definition) is 4. The van der Waals surface area contributed by atoms with E-state index in [0.29, 0.717) is 29.9 Å². The van der Waals surface area contributed by atoms with E-state index in [1.54, 1.807) is 19.1 Å². The molecule has 0 fully saturated rings. The molecule has 1 aliphatic rings. The van der Waals surface area contributed by atoms with Gasteiger partial charge in [0.15, 0.2) is 0 Å². The van der Waals surface area contributed by atoms with Crippen LogP contribution in [0.25, 0.3) is 17.0 Å². The van der Waals surface area contributed by atoms with Crippen molar-refractivity contribution in [3.63, 3.8) is 0 Å². The zero-order chi connectivity index (χ0) is 21.3. The van der Waals surface area contributed by atoms with Crippen LogP contribution in [-0.2, 0) is 11.3 Å². The predicted octanol–water partition coefficient (Wildman–Crippen LogP) is 4.06. The number of hydrogen-bond donors (Lipinski definition) is 1. The zero-order valence-corrected chi connectivity index (χ0v) is 16.2. The molecule has 7 heteroatoms. The third kappa shape index (κ3) is 3.35. The van der Waals surface area contributed by atoms with E-state index in [0.717, 1.165) is 16.5 Å². The summed E-state index contributed by atoms with van der Waals surface area (Å²) in [6, 6.07) is 16.0. The van der Waals surface area contributed by atoms with Crippen LogP contribution in [0.4, 0.5) is 5.69 Å². The maximum Gasteiger partial charge on any atom is 0.335 e. The van der Waals surface area contributed by atoms with Crippen molar-refractivity contribution in [3.8, 4) is 6.07 Å². The molecular weight excluding hydrogens is 380 g/mol. The van der Waals surface area contributed by atoms with Gasteiger partial charge in [-0.25, -0.2) is 4.79 Å². The number of amides is 1. The second-order valence-corrected chi connectivity index (χ2v) is 6.92. The van der Waals surface area contributed by atoms with Crippen LogP contribution in [0.3, 0.4) is 0 Å². The fraction of sp³-hybridized carbons (Fsp3) is 0.130. The Bertz CT molecular complexity index is 1260. The van der Waals surface area contributed by atoms with E-state index in [1.807, 2.05) is 41.1 Å². The number of para-hydroxylation sites is 1. The zero-order valence-electron chi connectivity index (χ0n) is 16.2. The van der Waals surface area contributed by atoms with Crippen LogP contribution in [0, 0.1) is 11.3 Å². The van der Waals surface area contributed by atoms with Gasteiger partial charge in [0, 0.05) is 29.2 Å². The minimum atomic E-state index is -1.03. The Morgan fingerprint density at radius 2 is 1.93 bits per heavy atom. The summed E-state index contributed by atoms with van der Waals surface area (Å²) in [7, 11) is 0. The first-order valence-electron chi connectivity index (χ1n) is 9.39. The van der Waals surface area contributed by atoms with Crippen molar-refractivity contribution in [2.24, 2.45) is 5.10 Å². The third-order valence-corrected chi connectivity index (χ3v) is 5.01. The van der Waals surface area contributed by atoms with Crippen molar-refractivity contribution in [2.45, 2.75) is 19.9 Å². The Kier molecular flexibility index (Phi) is 4.90. The highest BCUT2D eigenvalue weighted by Crippen LogP contribution is 2.28. The van der Waals surface area contributed by atoms with Crippen LogP contribution in [-0.4, -0.2) is 27.3 Å². The van der Waals surface area contributed by atoms with Crippen molar-refractivity contribution < 1.29 is 14.7 Å². The topological polar surface area (TPSA) is 98.7 Å². The molecule has 1 N–H and O–H groups in total. The molecule has 0 bridgehead atoms. The first kappa shape index (κ1) is 19.2. The lowest BCUT2D eigenvalue weighted by atomic mass is 10.1. The quantitative estimate of drug-likeness (QED) is 0.655. The Balaban J connectivity index is 1.70. The van der Waals surface area contributed by atoms with Crippen molar-refractivity contribution in [2.75, 3.05) is 5.01 Å². The first-order valence-corrected chi connectivity index (χ1v) is 9.39. The SMILES string of the molecule is CC1=NN(c2ccc(C(=O)O)cc2)C(=O)/C1=C\c1cn(CCC#N)c2ccccc12. The number of aromatic nitrogens is 1. The molecule has 0 radical (unpaired) electrons. The number of hydrazone groups is 1. The van der Waals surface area contributed by atoms with Crippen molar-refractivity contribution in [1.82, 2.24) is 4.57 Å². The molecule has 0 aliphatic carbocycles. The number of fused-ring (bicyclic) bond motifs is 1. The highest BCUT2D eigenvalue weighted by atomic mass is 16.4. The Morgan fingerprint density at radius 1 is 1.20 bits per heavy atom. The van der Waals surface area contributed by atoms with E-state index in [9.17, 15) is 9.59 Å². The predicted molar refractivity (Wildman–Crippen MR) is 114 cm³/mol. The van der Waals surface area contributed by atoms with E-state index in [1.165, 1.54) is 17.1 Å². The van der Waals surface area contributed by atoms with Gasteiger partial charge in [-0.05, 0) is 43.3 Å². The number of rotatable bonds is 5. The lowest BCUT2D eigenvalue weighted by Gasteiger charge is -2.11. The molecular formula is C23H18N4O3. The molecule has 0 spiro atoms. The van der Waals surface area contributed by atoms with E-state index in [4.69, 9.17) is 10.4 Å². The van der Waals surface area contributed by atoms with Crippen LogP contribution < -0.4 is 5.01 Å². The van der Waals surface area contributed by atoms with Crippen LogP contribution in [0.1, 0.15) is 29.3 Å². The molecule has 1 amide bonds. The molecule has 0 saturated carbocycles. The number of anilines is 1. The molecule has 0 saturated heterocycles. The molecule has 1 aromatic heterocycles. The van der Waals surface area contributed by atoms with Gasteiger partial charge in [-0.1, -0.05) is 18.2 Å². The second-order valence-electron chi connectivity index (χ2n) is 6.92. The van der Waals surface area contributed by atoms with E-state index < -0.39 is 5.97 Å². The summed E-state index contributed by atoms with van der Waals surface area (Å²) < 4.78 is 2.01. The summed E-state index contributed by atoms with van der Waals surface area (Å²) in [5, 5.41) is 24.6. The molecule has 4 rings (SSSR count). The number of carbonyl (C=O) groups excluding carboxylic acids is 1. The standard InChI is InChI=1S/C23H18N4O3/c1-15-20(22(28)27(25-15)18-9-7-16(8-10-18)23(29)30)13-17-14-26(12-4-11-24)21-6-3-2-5-19(17)21/h2-3,5-10,13-14H,4,12H2,1H3,(H,29,30)/b20-13-. The summed E-state index contributed by atoms with van der Waals surface area (Å²) in [5.74, 6) is -1.30. The third-order valence-electron chi connectivity index (χ3n) is 5.01. The van der Waals surface area contributed by atoms with Crippen molar-refractivity contribution in [1.29, 1.82) is 5.26 Å². The van der Waals surface area contributed by atoms with Crippen LogP contribution in [0.2, 0.25) is 0 Å². The number of nitriles is 1. The molecule has 1 aliphatic heterocycles. The number of aromatic carboxylic acids is 1. The minimum absolute atomic E-state index is 0.145. The molecule has 0 unspecified atom stereocenters. The fourth-order valence-corrected chi connectivity index (χ4v) is 3.51. The molecule has 2 heterocycles. The van der Waals surface area contributed by atoms with Gasteiger partial charge in [0.1, 0.15) is 0 Å². The molecule has 30 heavy (non-hydrogen) atoms. The van der Waals surface area contributed by atoms with Gasteiger partial charge in [0.25, 0.3) is 5.91 Å². The largest absolute Gasteiger partial charge is 0.478 e. The lowest BCUT2D eigenvalue weighted by molar-refractivity contribution is -0.114. The summed E-state index contributed by atoms with van der Waals surface area (Å²) in [6.45, 7) is 2.34. The second kappa shape index (κ2) is 7.68. The fourth-order valence-electron chi connectivity index (χ4n) is 3.51. The first-order chi connectivity index (χ1) is 14.5. The minimum Gasteiger partial charge on any atom is -0.478 e. The summed E-state index contributed by atoms with van der Waals surface area (Å²) >= 11 is 0. The molecule has 148 valence electrons. The average molecular weight is 398 g/mol. The molecule has 7 nitrogen and oxygen atoms in total. The van der Waals surface area contributed by atoms with Gasteiger partial charge < -0.3 is 9.67 Å². The van der Waals surface area contributed by atoms with Gasteiger partial charge in [-0.15, -0.1) is 0 Å². The van der Waals surface area contributed by atoms with Crippen LogP contribution >= 0.6 is 0 Å². The smallest absolute Gasteiger partial charge is 0.335 e. The summed E-state index contributed by atoms with van der Waals surface area (Å²) in [4.78, 5) is 24.1. The monoisotopic (exact) mass is 398 g/mol. The van der Waals surface area contributed by atoms with Gasteiger partial charge in [0.2, 0.25) is 0 Å². The highest BCUT2D eigenvalue weighted by molar-refractivity contribution is 6.32. The van der Waals surface area contributed by atoms with Gasteiger partial charge in [-0.3, -0.25) is 4.79 Å². The van der Waals surface area contributed by atoms with E-state index in [2.05, 4.69) is 11.2 Å². The van der Waals surface area contributed by atoms with Crippen molar-refractivity contribution >= 4 is 40.3 Å². The summed E-state index contributed by atoms with van der Waals surface area (Å²) in [5.41, 5.74) is 3.58. The Morgan fingerprint density at radius 3 is 2.63 bits per heavy atom. The highest BCUT2D eigenvalue weighted by Gasteiger charge is 2.29. The number of carbonyl (C=O) groups is 2. The molecule has 2 aromatic carbocycles. The van der Waals surface area contributed by atoms with E-state index >= 15 is 0 Å². The number of aryl methyl sites for hydroxylation is 1. The van der Waals surface area contributed by atoms with Gasteiger partial charge in [0.05, 0.1) is 35.0 Å². The van der Waals surface area contributed by atoms with Gasteiger partial charge >= 0.3 is 5.97 Å². The number of carboxylic acid groups (broad SMARTS) is 1. The Labute approximate surface area is 172 Å². The molecule has 0 atom stereocenters. The molecule has 3 aromatic rings. The average Bonchev–Trinajstić information content (AvgIpc) is 3.25. The maximum absolute atomic E-state index is 13.0. The van der Waals surface area contributed by atoms with Gasteiger partial charge in [-0.2, -0.15) is 15.4 Å². The Hall–Kier alpha value is -4.18. The number of carboxylic acids is 1. The maximum atomic E-state index is 13.0.